The number of benzene rings is 2. The van der Waals surface area contributed by atoms with Gasteiger partial charge in [0.2, 0.25) is 0 Å². The Morgan fingerprint density at radius 3 is 2.69 bits per heavy atom. The molecule has 1 saturated carbocycles. The molecule has 0 unspecified atom stereocenters. The van der Waals surface area contributed by atoms with E-state index in [9.17, 15) is 4.79 Å². The number of nitrogens with one attached hydrogen (secondary N) is 1. The van der Waals surface area contributed by atoms with E-state index in [4.69, 9.17) is 9.72 Å². The molecule has 0 aliphatic heterocycles. The van der Waals surface area contributed by atoms with Gasteiger partial charge in [0.05, 0.1) is 17.8 Å². The number of carbonyl (C=O) groups excluding carboxylic acids is 1. The molecule has 1 aliphatic carbocycles. The first-order valence-electron chi connectivity index (χ1n) is 8.70. The van der Waals surface area contributed by atoms with Gasteiger partial charge in [-0.2, -0.15) is 0 Å². The van der Waals surface area contributed by atoms with Crippen molar-refractivity contribution < 1.29 is 9.53 Å². The van der Waals surface area contributed by atoms with Crippen molar-refractivity contribution in [1.29, 1.82) is 0 Å². The molecule has 1 fully saturated rings. The van der Waals surface area contributed by atoms with Gasteiger partial charge in [0, 0.05) is 34.5 Å². The number of rotatable bonds is 6. The number of ether oxygens (including phenoxy) is 1. The first-order chi connectivity index (χ1) is 12.7. The number of methoxy groups -OCH3 is 1. The Kier molecular flexibility index (Phi) is 4.71. The van der Waals surface area contributed by atoms with E-state index in [1.807, 2.05) is 48.5 Å². The normalized spacial score (nSPS) is 13.4. The van der Waals surface area contributed by atoms with Crippen LogP contribution in [0.1, 0.15) is 39.7 Å². The average Bonchev–Trinajstić information content (AvgIpc) is 3.43. The summed E-state index contributed by atoms with van der Waals surface area (Å²) in [5.41, 5.74) is 3.64. The highest BCUT2D eigenvalue weighted by Gasteiger charge is 2.26. The summed E-state index contributed by atoms with van der Waals surface area (Å²) in [7, 11) is 1.63. The molecule has 1 amide bonds. The Morgan fingerprint density at radius 1 is 1.19 bits per heavy atom. The van der Waals surface area contributed by atoms with Crippen LogP contribution in [-0.2, 0) is 6.54 Å². The Morgan fingerprint density at radius 2 is 1.96 bits per heavy atom. The van der Waals surface area contributed by atoms with E-state index < -0.39 is 0 Å². The molecule has 5 heteroatoms. The van der Waals surface area contributed by atoms with E-state index in [1.54, 1.807) is 18.4 Å². The average molecular weight is 364 g/mol. The van der Waals surface area contributed by atoms with Crippen LogP contribution in [0.2, 0.25) is 0 Å². The van der Waals surface area contributed by atoms with E-state index in [2.05, 4.69) is 10.7 Å². The van der Waals surface area contributed by atoms with Gasteiger partial charge in [-0.25, -0.2) is 4.98 Å². The van der Waals surface area contributed by atoms with Gasteiger partial charge in [-0.1, -0.05) is 30.3 Å². The predicted molar refractivity (Wildman–Crippen MR) is 104 cm³/mol. The number of amides is 1. The van der Waals surface area contributed by atoms with Gasteiger partial charge < -0.3 is 10.1 Å². The third-order valence-electron chi connectivity index (χ3n) is 4.52. The summed E-state index contributed by atoms with van der Waals surface area (Å²) >= 11 is 1.73. The van der Waals surface area contributed by atoms with Gasteiger partial charge in [0.25, 0.3) is 5.91 Å². The summed E-state index contributed by atoms with van der Waals surface area (Å²) in [6, 6.07) is 15.3. The van der Waals surface area contributed by atoms with Crippen LogP contribution in [0, 0.1) is 0 Å². The number of thiazole rings is 1. The van der Waals surface area contributed by atoms with E-state index >= 15 is 0 Å². The molecule has 1 aliphatic rings. The van der Waals surface area contributed by atoms with Crippen molar-refractivity contribution in [1.82, 2.24) is 10.3 Å². The van der Waals surface area contributed by atoms with E-state index in [-0.39, 0.29) is 5.91 Å². The molecule has 0 saturated heterocycles. The summed E-state index contributed by atoms with van der Waals surface area (Å²) in [5, 5.41) is 6.28. The molecular formula is C21H20N2O2S. The molecule has 26 heavy (non-hydrogen) atoms. The lowest BCUT2D eigenvalue weighted by atomic mass is 10.1. The van der Waals surface area contributed by atoms with Gasteiger partial charge >= 0.3 is 0 Å². The minimum Gasteiger partial charge on any atom is -0.496 e. The lowest BCUT2D eigenvalue weighted by molar-refractivity contribution is 0.0950. The third kappa shape index (κ3) is 3.63. The standard InChI is InChI=1S/C21H20N2O2S/c1-25-19-5-3-2-4-17(19)12-22-20(24)15-8-6-14(7-9-15)18-13-26-21(23-18)16-10-11-16/h2-9,13,16H,10-12H2,1H3,(H,22,24). The molecule has 132 valence electrons. The second-order valence-electron chi connectivity index (χ2n) is 6.42. The minimum atomic E-state index is -0.0978. The SMILES string of the molecule is COc1ccccc1CNC(=O)c1ccc(-c2csc(C3CC3)n2)cc1. The van der Waals surface area contributed by atoms with E-state index in [0.29, 0.717) is 18.0 Å². The van der Waals surface area contributed by atoms with Crippen molar-refractivity contribution in [2.24, 2.45) is 0 Å². The van der Waals surface area contributed by atoms with Gasteiger partial charge in [0.15, 0.2) is 0 Å². The van der Waals surface area contributed by atoms with Crippen molar-refractivity contribution in [3.05, 3.63) is 70.0 Å². The highest BCUT2D eigenvalue weighted by molar-refractivity contribution is 7.10. The second-order valence-corrected chi connectivity index (χ2v) is 7.31. The minimum absolute atomic E-state index is 0.0978. The zero-order valence-corrected chi connectivity index (χ0v) is 15.4. The highest BCUT2D eigenvalue weighted by atomic mass is 32.1. The fraction of sp³-hybridized carbons (Fsp3) is 0.238. The maximum Gasteiger partial charge on any atom is 0.251 e. The molecule has 0 bridgehead atoms. The maximum atomic E-state index is 12.4. The molecule has 3 aromatic rings. The molecule has 0 radical (unpaired) electrons. The fourth-order valence-corrected chi connectivity index (χ4v) is 3.86. The molecule has 4 nitrogen and oxygen atoms in total. The molecule has 0 atom stereocenters. The summed E-state index contributed by atoms with van der Waals surface area (Å²) in [5.74, 6) is 1.35. The van der Waals surface area contributed by atoms with Gasteiger partial charge in [-0.05, 0) is 31.0 Å². The summed E-state index contributed by atoms with van der Waals surface area (Å²) in [6.07, 6.45) is 2.52. The number of para-hydroxylation sites is 1. The number of nitrogens with zero attached hydrogens (tertiary/aromatic N) is 1. The van der Waals surface area contributed by atoms with Crippen LogP contribution in [0.4, 0.5) is 0 Å². The zero-order valence-electron chi connectivity index (χ0n) is 14.6. The zero-order chi connectivity index (χ0) is 17.9. The third-order valence-corrected chi connectivity index (χ3v) is 5.53. The number of aromatic nitrogens is 1. The van der Waals surface area contributed by atoms with Gasteiger partial charge in [-0.3, -0.25) is 4.79 Å². The molecular weight excluding hydrogens is 344 g/mol. The first kappa shape index (κ1) is 16.8. The molecule has 0 spiro atoms. The van der Waals surface area contributed by atoms with E-state index in [0.717, 1.165) is 22.6 Å². The smallest absolute Gasteiger partial charge is 0.251 e. The molecule has 4 rings (SSSR count). The number of hydrogen-bond acceptors (Lipinski definition) is 4. The largest absolute Gasteiger partial charge is 0.496 e. The lowest BCUT2D eigenvalue weighted by Crippen LogP contribution is -2.22. The van der Waals surface area contributed by atoms with E-state index in [1.165, 1.54) is 17.8 Å². The van der Waals surface area contributed by atoms with Crippen LogP contribution in [-0.4, -0.2) is 18.0 Å². The first-order valence-corrected chi connectivity index (χ1v) is 9.58. The van der Waals surface area contributed by atoms with Crippen LogP contribution >= 0.6 is 11.3 Å². The fourth-order valence-electron chi connectivity index (χ4n) is 2.86. The van der Waals surface area contributed by atoms with Crippen LogP contribution < -0.4 is 10.1 Å². The molecule has 1 heterocycles. The molecule has 1 N–H and O–H groups in total. The Labute approximate surface area is 156 Å². The number of carbonyl (C=O) groups is 1. The Bertz CT molecular complexity index is 914. The monoisotopic (exact) mass is 364 g/mol. The van der Waals surface area contributed by atoms with Crippen molar-refractivity contribution in [3.8, 4) is 17.0 Å². The topological polar surface area (TPSA) is 51.2 Å². The van der Waals surface area contributed by atoms with Crippen LogP contribution in [0.3, 0.4) is 0 Å². The Hall–Kier alpha value is -2.66. The number of hydrogen-bond donors (Lipinski definition) is 1. The van der Waals surface area contributed by atoms with Gasteiger partial charge in [0.1, 0.15) is 5.75 Å². The van der Waals surface area contributed by atoms with Crippen LogP contribution in [0.15, 0.2) is 53.9 Å². The van der Waals surface area contributed by atoms with Crippen molar-refractivity contribution in [2.45, 2.75) is 25.3 Å². The van der Waals surface area contributed by atoms with Crippen molar-refractivity contribution in [3.63, 3.8) is 0 Å². The summed E-state index contributed by atoms with van der Waals surface area (Å²) in [6.45, 7) is 0.432. The van der Waals surface area contributed by atoms with Gasteiger partial charge in [-0.15, -0.1) is 11.3 Å². The Balaban J connectivity index is 1.41. The van der Waals surface area contributed by atoms with Crippen LogP contribution in [0.25, 0.3) is 11.3 Å². The summed E-state index contributed by atoms with van der Waals surface area (Å²) in [4.78, 5) is 17.1. The maximum absolute atomic E-state index is 12.4. The van der Waals surface area contributed by atoms with Crippen LogP contribution in [0.5, 0.6) is 5.75 Å². The van der Waals surface area contributed by atoms with Crippen molar-refractivity contribution >= 4 is 17.2 Å². The second kappa shape index (κ2) is 7.30. The predicted octanol–water partition coefficient (Wildman–Crippen LogP) is 4.63. The highest BCUT2D eigenvalue weighted by Crippen LogP contribution is 2.42. The summed E-state index contributed by atoms with van der Waals surface area (Å²) < 4.78 is 5.31. The quantitative estimate of drug-likeness (QED) is 0.694. The molecule has 2 aromatic carbocycles. The van der Waals surface area contributed by atoms with Crippen molar-refractivity contribution in [2.75, 3.05) is 7.11 Å². The lowest BCUT2D eigenvalue weighted by Gasteiger charge is -2.09. The molecule has 1 aromatic heterocycles.